The van der Waals surface area contributed by atoms with E-state index in [0.29, 0.717) is 6.61 Å². The molecule has 164 valence electrons. The third kappa shape index (κ3) is 5.70. The van der Waals surface area contributed by atoms with E-state index in [1.54, 1.807) is 7.11 Å². The number of anilines is 2. The zero-order chi connectivity index (χ0) is 22.5. The summed E-state index contributed by atoms with van der Waals surface area (Å²) in [7, 11) is 1.66. The smallest absolute Gasteiger partial charge is 0.145 e. The van der Waals surface area contributed by atoms with Crippen molar-refractivity contribution in [3.05, 3.63) is 69.3 Å². The Balaban J connectivity index is 1.81. The summed E-state index contributed by atoms with van der Waals surface area (Å²) in [5, 5.41) is 3.47. The van der Waals surface area contributed by atoms with Crippen LogP contribution in [0, 0.1) is 20.8 Å². The highest BCUT2D eigenvalue weighted by atomic mass is 79.9. The van der Waals surface area contributed by atoms with Crippen LogP contribution >= 0.6 is 15.9 Å². The standard InChI is InChI=1S/C25H29BrN2O3/c1-15(2)31-23-13-21(26)25(27-18(23)5)28-24-16(3)7-12-22(17(24)4)30-14-19-8-10-20(29-6)11-9-19/h7-13,15H,14H2,1-6H3,(H,27,28). The van der Waals surface area contributed by atoms with Crippen molar-refractivity contribution in [1.82, 2.24) is 4.98 Å². The molecule has 0 saturated carbocycles. The zero-order valence-corrected chi connectivity index (χ0v) is 20.5. The lowest BCUT2D eigenvalue weighted by molar-refractivity contribution is 0.239. The average molecular weight is 485 g/mol. The maximum absolute atomic E-state index is 6.11. The molecular formula is C25H29BrN2O3. The summed E-state index contributed by atoms with van der Waals surface area (Å²) in [6.45, 7) is 10.6. The molecule has 0 radical (unpaired) electrons. The highest BCUT2D eigenvalue weighted by molar-refractivity contribution is 9.10. The second kappa shape index (κ2) is 10.1. The maximum atomic E-state index is 6.11. The fraction of sp³-hybridized carbons (Fsp3) is 0.320. The predicted molar refractivity (Wildman–Crippen MR) is 129 cm³/mol. The number of ether oxygens (including phenoxy) is 3. The van der Waals surface area contributed by atoms with Gasteiger partial charge in [0.2, 0.25) is 0 Å². The summed E-state index contributed by atoms with van der Waals surface area (Å²) in [6, 6.07) is 13.9. The number of methoxy groups -OCH3 is 1. The van der Waals surface area contributed by atoms with Crippen LogP contribution in [0.15, 0.2) is 46.9 Å². The fourth-order valence-corrected chi connectivity index (χ4v) is 3.60. The van der Waals surface area contributed by atoms with Gasteiger partial charge in [0.25, 0.3) is 0 Å². The van der Waals surface area contributed by atoms with Gasteiger partial charge in [-0.15, -0.1) is 0 Å². The van der Waals surface area contributed by atoms with Crippen molar-refractivity contribution < 1.29 is 14.2 Å². The highest BCUT2D eigenvalue weighted by Gasteiger charge is 2.14. The molecular weight excluding hydrogens is 456 g/mol. The van der Waals surface area contributed by atoms with E-state index in [1.165, 1.54) is 0 Å². The van der Waals surface area contributed by atoms with Crippen LogP contribution < -0.4 is 19.5 Å². The van der Waals surface area contributed by atoms with Crippen LogP contribution in [0.25, 0.3) is 0 Å². The van der Waals surface area contributed by atoms with E-state index in [4.69, 9.17) is 19.2 Å². The van der Waals surface area contributed by atoms with Crippen LogP contribution in [0.4, 0.5) is 11.5 Å². The molecule has 0 saturated heterocycles. The Morgan fingerprint density at radius 2 is 1.71 bits per heavy atom. The predicted octanol–water partition coefficient (Wildman–Crippen LogP) is 6.89. The van der Waals surface area contributed by atoms with Crippen LogP contribution in [-0.2, 0) is 6.61 Å². The molecule has 3 aromatic rings. The molecule has 0 aliphatic rings. The fourth-order valence-electron chi connectivity index (χ4n) is 3.20. The van der Waals surface area contributed by atoms with E-state index in [0.717, 1.165) is 55.6 Å². The lowest BCUT2D eigenvalue weighted by Gasteiger charge is -2.19. The van der Waals surface area contributed by atoms with Crippen molar-refractivity contribution in [2.75, 3.05) is 12.4 Å². The third-order valence-electron chi connectivity index (χ3n) is 4.90. The maximum Gasteiger partial charge on any atom is 0.145 e. The molecule has 0 aliphatic carbocycles. The summed E-state index contributed by atoms with van der Waals surface area (Å²) in [6.07, 6.45) is 0.0928. The van der Waals surface area contributed by atoms with E-state index in [-0.39, 0.29) is 6.10 Å². The van der Waals surface area contributed by atoms with Gasteiger partial charge in [0, 0.05) is 11.3 Å². The van der Waals surface area contributed by atoms with Crippen LogP contribution in [0.1, 0.15) is 36.2 Å². The Morgan fingerprint density at radius 3 is 2.35 bits per heavy atom. The van der Waals surface area contributed by atoms with Crippen LogP contribution in [-0.4, -0.2) is 18.2 Å². The lowest BCUT2D eigenvalue weighted by atomic mass is 10.1. The van der Waals surface area contributed by atoms with Gasteiger partial charge >= 0.3 is 0 Å². The van der Waals surface area contributed by atoms with Crippen LogP contribution in [0.2, 0.25) is 0 Å². The molecule has 0 unspecified atom stereocenters. The molecule has 0 spiro atoms. The Kier molecular flexibility index (Phi) is 7.44. The first-order valence-electron chi connectivity index (χ1n) is 10.2. The van der Waals surface area contributed by atoms with Crippen molar-refractivity contribution in [3.63, 3.8) is 0 Å². The highest BCUT2D eigenvalue weighted by Crippen LogP contribution is 2.35. The monoisotopic (exact) mass is 484 g/mol. The van der Waals surface area contributed by atoms with E-state index in [9.17, 15) is 0 Å². The van der Waals surface area contributed by atoms with Crippen molar-refractivity contribution in [3.8, 4) is 17.2 Å². The Morgan fingerprint density at radius 1 is 1.00 bits per heavy atom. The SMILES string of the molecule is COc1ccc(COc2ccc(C)c(Nc3nc(C)c(OC(C)C)cc3Br)c2C)cc1. The number of aromatic nitrogens is 1. The molecule has 3 rings (SSSR count). The van der Waals surface area contributed by atoms with Gasteiger partial charge in [0.15, 0.2) is 0 Å². The van der Waals surface area contributed by atoms with E-state index in [1.807, 2.05) is 57.2 Å². The minimum Gasteiger partial charge on any atom is -0.497 e. The molecule has 2 aromatic carbocycles. The van der Waals surface area contributed by atoms with E-state index >= 15 is 0 Å². The molecule has 0 bridgehead atoms. The molecule has 0 fully saturated rings. The number of rotatable bonds is 8. The number of hydrogen-bond donors (Lipinski definition) is 1. The minimum absolute atomic E-state index is 0.0928. The number of nitrogens with zero attached hydrogens (tertiary/aromatic N) is 1. The zero-order valence-electron chi connectivity index (χ0n) is 18.9. The number of benzene rings is 2. The summed E-state index contributed by atoms with van der Waals surface area (Å²) in [4.78, 5) is 4.71. The number of pyridine rings is 1. The van der Waals surface area contributed by atoms with E-state index in [2.05, 4.69) is 41.2 Å². The quantitative estimate of drug-likeness (QED) is 0.377. The normalized spacial score (nSPS) is 10.8. The molecule has 5 nitrogen and oxygen atoms in total. The molecule has 0 aliphatic heterocycles. The van der Waals surface area contributed by atoms with Crippen molar-refractivity contribution in [1.29, 1.82) is 0 Å². The molecule has 0 atom stereocenters. The molecule has 31 heavy (non-hydrogen) atoms. The number of nitrogens with one attached hydrogen (secondary N) is 1. The van der Waals surface area contributed by atoms with Gasteiger partial charge in [0.05, 0.1) is 23.4 Å². The second-order valence-electron chi connectivity index (χ2n) is 7.71. The van der Waals surface area contributed by atoms with Gasteiger partial charge in [-0.1, -0.05) is 18.2 Å². The van der Waals surface area contributed by atoms with Gasteiger partial charge in [-0.25, -0.2) is 4.98 Å². The second-order valence-corrected chi connectivity index (χ2v) is 8.57. The van der Waals surface area contributed by atoms with Gasteiger partial charge in [0.1, 0.15) is 29.7 Å². The minimum atomic E-state index is 0.0928. The van der Waals surface area contributed by atoms with Crippen molar-refractivity contribution >= 4 is 27.4 Å². The molecule has 1 aromatic heterocycles. The Hall–Kier alpha value is -2.73. The number of hydrogen-bond acceptors (Lipinski definition) is 5. The van der Waals surface area contributed by atoms with Crippen molar-refractivity contribution in [2.24, 2.45) is 0 Å². The summed E-state index contributed by atoms with van der Waals surface area (Å²) < 4.78 is 18.0. The number of aryl methyl sites for hydroxylation is 2. The average Bonchev–Trinajstić information content (AvgIpc) is 2.73. The first kappa shape index (κ1) is 22.9. The lowest BCUT2D eigenvalue weighted by Crippen LogP contribution is -2.09. The Bertz CT molecular complexity index is 1050. The van der Waals surface area contributed by atoms with Gasteiger partial charge < -0.3 is 19.5 Å². The molecule has 0 amide bonds. The van der Waals surface area contributed by atoms with Crippen LogP contribution in [0.5, 0.6) is 17.2 Å². The largest absolute Gasteiger partial charge is 0.497 e. The summed E-state index contributed by atoms with van der Waals surface area (Å²) in [5.74, 6) is 3.18. The third-order valence-corrected chi connectivity index (χ3v) is 5.51. The van der Waals surface area contributed by atoms with Gasteiger partial charge in [-0.05, 0) is 85.9 Å². The Labute approximate surface area is 192 Å². The van der Waals surface area contributed by atoms with E-state index < -0.39 is 0 Å². The summed E-state index contributed by atoms with van der Waals surface area (Å²) in [5.41, 5.74) is 5.04. The van der Waals surface area contributed by atoms with Crippen LogP contribution in [0.3, 0.4) is 0 Å². The first-order valence-corrected chi connectivity index (χ1v) is 11.0. The topological polar surface area (TPSA) is 52.6 Å². The number of halogens is 1. The van der Waals surface area contributed by atoms with Gasteiger partial charge in [-0.3, -0.25) is 0 Å². The van der Waals surface area contributed by atoms with Gasteiger partial charge in [-0.2, -0.15) is 0 Å². The first-order chi connectivity index (χ1) is 14.8. The summed E-state index contributed by atoms with van der Waals surface area (Å²) >= 11 is 3.62. The molecule has 1 N–H and O–H groups in total. The van der Waals surface area contributed by atoms with Crippen molar-refractivity contribution in [2.45, 2.75) is 47.3 Å². The molecule has 1 heterocycles. The molecule has 6 heteroatoms.